The van der Waals surface area contributed by atoms with E-state index in [2.05, 4.69) is 0 Å². The number of hydrogen-bond acceptors (Lipinski definition) is 2. The molecule has 11 heavy (non-hydrogen) atoms. The van der Waals surface area contributed by atoms with Gasteiger partial charge in [-0.1, -0.05) is 11.8 Å². The van der Waals surface area contributed by atoms with Crippen molar-refractivity contribution in [2.24, 2.45) is 0 Å². The molecule has 0 amide bonds. The van der Waals surface area contributed by atoms with E-state index in [9.17, 15) is 9.90 Å². The van der Waals surface area contributed by atoms with Crippen LogP contribution in [-0.2, 0) is 0 Å². The Morgan fingerprint density at radius 1 is 1.55 bits per heavy atom. The van der Waals surface area contributed by atoms with Crippen molar-refractivity contribution in [1.82, 2.24) is 0 Å². The molecule has 0 saturated carbocycles. The summed E-state index contributed by atoms with van der Waals surface area (Å²) in [5, 5.41) is 19.3. The number of carbonyl (C=O) groups is 1. The van der Waals surface area contributed by atoms with Crippen molar-refractivity contribution in [3.05, 3.63) is 27.3 Å². The van der Waals surface area contributed by atoms with E-state index in [0.717, 1.165) is 0 Å². The lowest BCUT2D eigenvalue weighted by atomic mass is 10.2. The molecule has 0 heterocycles. The predicted octanol–water partition coefficient (Wildman–Crippen LogP) is 1.06. The van der Waals surface area contributed by atoms with E-state index in [1.807, 2.05) is 22.6 Å². The smallest absolute Gasteiger partial charge is 0.335 e. The zero-order chi connectivity index (χ0) is 8.43. The topological polar surface area (TPSA) is 60.4 Å². The highest BCUT2D eigenvalue weighted by molar-refractivity contribution is 14.1. The van der Waals surface area contributed by atoms with Crippen LogP contribution in [0.2, 0.25) is 0 Å². The normalized spacial score (nSPS) is 9.55. The minimum absolute atomic E-state index is 0.143. The standard InChI is InChI=1S/C7H5IO3/c8-5-3-4(7(10)11)1-2-6(5)9/h1-3,9H,(H,10,11)/p-1. The number of aromatic carboxylic acids is 1. The summed E-state index contributed by atoms with van der Waals surface area (Å²) in [7, 11) is 0. The minimum Gasteiger partial charge on any atom is -0.872 e. The van der Waals surface area contributed by atoms with Gasteiger partial charge >= 0.3 is 5.97 Å². The molecule has 0 spiro atoms. The van der Waals surface area contributed by atoms with Gasteiger partial charge in [0.1, 0.15) is 0 Å². The van der Waals surface area contributed by atoms with Gasteiger partial charge in [0.2, 0.25) is 0 Å². The van der Waals surface area contributed by atoms with Crippen LogP contribution in [0.4, 0.5) is 0 Å². The van der Waals surface area contributed by atoms with Gasteiger partial charge in [-0.05, 0) is 34.7 Å². The van der Waals surface area contributed by atoms with E-state index < -0.39 is 5.97 Å². The lowest BCUT2D eigenvalue weighted by molar-refractivity contribution is -0.269. The third-order valence-electron chi connectivity index (χ3n) is 1.18. The molecule has 3 nitrogen and oxygen atoms in total. The molecule has 1 aromatic rings. The Hall–Kier alpha value is -0.780. The molecule has 0 bridgehead atoms. The van der Waals surface area contributed by atoms with Crippen LogP contribution in [0, 0.1) is 3.57 Å². The highest BCUT2D eigenvalue weighted by Crippen LogP contribution is 2.17. The fraction of sp³-hybridized carbons (Fsp3) is 0. The van der Waals surface area contributed by atoms with Crippen LogP contribution in [0.3, 0.4) is 0 Å². The molecular formula is C7H4IO3-. The maximum absolute atomic E-state index is 10.8. The van der Waals surface area contributed by atoms with E-state index in [1.165, 1.54) is 18.2 Å². The summed E-state index contributed by atoms with van der Waals surface area (Å²) in [5.41, 5.74) is 0.147. The number of benzene rings is 1. The summed E-state index contributed by atoms with van der Waals surface area (Å²) < 4.78 is 0.433. The second-order valence-corrected chi connectivity index (χ2v) is 3.11. The van der Waals surface area contributed by atoms with Gasteiger partial charge in [0, 0.05) is 3.57 Å². The lowest BCUT2D eigenvalue weighted by Gasteiger charge is -2.07. The van der Waals surface area contributed by atoms with Gasteiger partial charge < -0.3 is 10.2 Å². The number of halogens is 1. The average molecular weight is 263 g/mol. The van der Waals surface area contributed by atoms with Gasteiger partial charge in [0.15, 0.2) is 0 Å². The molecular weight excluding hydrogens is 259 g/mol. The number of carboxylic acid groups (broad SMARTS) is 1. The first-order valence-electron chi connectivity index (χ1n) is 2.81. The van der Waals surface area contributed by atoms with Crippen molar-refractivity contribution < 1.29 is 15.0 Å². The van der Waals surface area contributed by atoms with Gasteiger partial charge in [-0.15, -0.1) is 0 Å². The highest BCUT2D eigenvalue weighted by Gasteiger charge is 2.01. The summed E-state index contributed by atoms with van der Waals surface area (Å²) in [4.78, 5) is 10.4. The van der Waals surface area contributed by atoms with E-state index in [-0.39, 0.29) is 11.3 Å². The zero-order valence-electron chi connectivity index (χ0n) is 5.37. The minimum atomic E-state index is -1.01. The molecule has 1 aromatic carbocycles. The Kier molecular flexibility index (Phi) is 2.33. The number of carboxylic acids is 1. The Balaban J connectivity index is 3.15. The molecule has 0 aromatic heterocycles. The Morgan fingerprint density at radius 2 is 2.18 bits per heavy atom. The van der Waals surface area contributed by atoms with Crippen LogP contribution >= 0.6 is 22.6 Å². The van der Waals surface area contributed by atoms with Gasteiger partial charge in [-0.2, -0.15) is 0 Å². The quantitative estimate of drug-likeness (QED) is 0.771. The van der Waals surface area contributed by atoms with Crippen molar-refractivity contribution in [2.45, 2.75) is 0 Å². The van der Waals surface area contributed by atoms with Gasteiger partial charge in [0.25, 0.3) is 0 Å². The first kappa shape index (κ1) is 8.32. The number of rotatable bonds is 1. The molecule has 0 aliphatic rings. The fourth-order valence-corrected chi connectivity index (χ4v) is 1.15. The Morgan fingerprint density at radius 3 is 2.64 bits per heavy atom. The van der Waals surface area contributed by atoms with Gasteiger partial charge in [0.05, 0.1) is 5.56 Å². The number of hydrogen-bond donors (Lipinski definition) is 1. The van der Waals surface area contributed by atoms with Crippen LogP contribution in [0.25, 0.3) is 0 Å². The van der Waals surface area contributed by atoms with Gasteiger partial charge in [-0.3, -0.25) is 0 Å². The zero-order valence-corrected chi connectivity index (χ0v) is 7.53. The Labute approximate surface area is 76.8 Å². The van der Waals surface area contributed by atoms with Crippen LogP contribution < -0.4 is 5.11 Å². The summed E-state index contributed by atoms with van der Waals surface area (Å²) in [6.45, 7) is 0. The fourth-order valence-electron chi connectivity index (χ4n) is 0.634. The summed E-state index contributed by atoms with van der Waals surface area (Å²) >= 11 is 1.81. The molecule has 0 aliphatic carbocycles. The van der Waals surface area contributed by atoms with Gasteiger partial charge in [-0.25, -0.2) is 4.79 Å². The highest BCUT2D eigenvalue weighted by atomic mass is 127. The van der Waals surface area contributed by atoms with E-state index in [1.54, 1.807) is 0 Å². The van der Waals surface area contributed by atoms with Crippen molar-refractivity contribution in [3.8, 4) is 5.75 Å². The molecule has 1 N–H and O–H groups in total. The molecule has 1 rings (SSSR count). The van der Waals surface area contributed by atoms with E-state index in [0.29, 0.717) is 3.57 Å². The maximum atomic E-state index is 10.8. The van der Waals surface area contributed by atoms with Crippen molar-refractivity contribution in [2.75, 3.05) is 0 Å². The molecule has 0 aliphatic heterocycles. The van der Waals surface area contributed by atoms with Crippen LogP contribution in [0.15, 0.2) is 18.2 Å². The van der Waals surface area contributed by atoms with E-state index >= 15 is 0 Å². The molecule has 0 fully saturated rings. The SMILES string of the molecule is O=C(O)c1ccc([O-])c(I)c1. The third-order valence-corrected chi connectivity index (χ3v) is 2.02. The van der Waals surface area contributed by atoms with Crippen LogP contribution in [0.5, 0.6) is 5.75 Å². The van der Waals surface area contributed by atoms with Crippen LogP contribution in [-0.4, -0.2) is 11.1 Å². The third kappa shape index (κ3) is 1.83. The molecule has 0 saturated heterocycles. The Bertz CT molecular complexity index is 296. The second-order valence-electron chi connectivity index (χ2n) is 1.95. The summed E-state index contributed by atoms with van der Waals surface area (Å²) in [5.74, 6) is -1.15. The van der Waals surface area contributed by atoms with Crippen LogP contribution in [0.1, 0.15) is 10.4 Å². The first-order valence-corrected chi connectivity index (χ1v) is 3.89. The van der Waals surface area contributed by atoms with Crippen molar-refractivity contribution in [3.63, 3.8) is 0 Å². The predicted molar refractivity (Wildman–Crippen MR) is 45.6 cm³/mol. The van der Waals surface area contributed by atoms with Crippen molar-refractivity contribution in [1.29, 1.82) is 0 Å². The largest absolute Gasteiger partial charge is 0.872 e. The molecule has 0 atom stereocenters. The van der Waals surface area contributed by atoms with E-state index in [4.69, 9.17) is 5.11 Å². The molecule has 4 heteroatoms. The van der Waals surface area contributed by atoms with Crippen molar-refractivity contribution >= 4 is 28.6 Å². The maximum Gasteiger partial charge on any atom is 0.335 e. The molecule has 0 radical (unpaired) electrons. The summed E-state index contributed by atoms with van der Waals surface area (Å²) in [6, 6.07) is 3.91. The second kappa shape index (κ2) is 3.08. The average Bonchev–Trinajstić information content (AvgIpc) is 1.94. The lowest BCUT2D eigenvalue weighted by Crippen LogP contribution is -1.99. The monoisotopic (exact) mass is 263 g/mol. The first-order chi connectivity index (χ1) is 5.11. The molecule has 58 valence electrons. The summed E-state index contributed by atoms with van der Waals surface area (Å²) in [6.07, 6.45) is 0. The molecule has 0 unspecified atom stereocenters.